The first-order valence-corrected chi connectivity index (χ1v) is 10.5. The zero-order valence-corrected chi connectivity index (χ0v) is 18.6. The summed E-state index contributed by atoms with van der Waals surface area (Å²) in [6, 6.07) is 8.62. The van der Waals surface area contributed by atoms with Crippen molar-refractivity contribution in [1.82, 2.24) is 0 Å². The van der Waals surface area contributed by atoms with Gasteiger partial charge in [-0.1, -0.05) is 0 Å². The van der Waals surface area contributed by atoms with Gasteiger partial charge in [0.05, 0.1) is 19.8 Å². The van der Waals surface area contributed by atoms with Crippen LogP contribution in [0, 0.1) is 13.8 Å². The molecule has 0 saturated heterocycles. The number of aryl methyl sites for hydroxylation is 3. The molecule has 7 heteroatoms. The topological polar surface area (TPSA) is 91.1 Å². The van der Waals surface area contributed by atoms with Gasteiger partial charge in [0.1, 0.15) is 11.5 Å². The van der Waals surface area contributed by atoms with Gasteiger partial charge in [0.2, 0.25) is 5.91 Å². The largest absolute Gasteiger partial charge is 0.513 e. The van der Waals surface area contributed by atoms with Crippen LogP contribution in [0.15, 0.2) is 30.3 Å². The van der Waals surface area contributed by atoms with E-state index >= 15 is 0 Å². The Morgan fingerprint density at radius 1 is 1.13 bits per heavy atom. The van der Waals surface area contributed by atoms with Crippen LogP contribution in [-0.4, -0.2) is 38.4 Å². The lowest BCUT2D eigenvalue weighted by Gasteiger charge is -2.32. The summed E-state index contributed by atoms with van der Waals surface area (Å²) >= 11 is 0. The second-order valence-corrected chi connectivity index (χ2v) is 7.72. The minimum Gasteiger partial charge on any atom is -0.497 e. The Bertz CT molecular complexity index is 949. The standard InChI is InChI=1S/C24H30N2O5/c1-5-30-24(28)31-19-11-15(2)20(16(3)12-19)14-21(25)23(27)26-10-6-7-17-13-18(29-4)8-9-22(17)26/h8-9,11-13,21H,5-7,10,14,25H2,1-4H3/t21-/m0/s1. The molecule has 31 heavy (non-hydrogen) atoms. The quantitative estimate of drug-likeness (QED) is 0.559. The van der Waals surface area contributed by atoms with E-state index in [-0.39, 0.29) is 12.5 Å². The van der Waals surface area contributed by atoms with Crippen molar-refractivity contribution in [3.8, 4) is 11.5 Å². The van der Waals surface area contributed by atoms with Crippen molar-refractivity contribution >= 4 is 17.7 Å². The number of benzene rings is 2. The SMILES string of the molecule is CCOC(=O)Oc1cc(C)c(C[C@H](N)C(=O)N2CCCc3cc(OC)ccc32)c(C)c1. The molecule has 1 aliphatic rings. The Hall–Kier alpha value is -3.06. The number of anilines is 1. The molecule has 2 aromatic rings. The fourth-order valence-corrected chi connectivity index (χ4v) is 4.01. The van der Waals surface area contributed by atoms with E-state index in [1.807, 2.05) is 32.0 Å². The first-order chi connectivity index (χ1) is 14.8. The van der Waals surface area contributed by atoms with E-state index in [2.05, 4.69) is 0 Å². The monoisotopic (exact) mass is 426 g/mol. The molecule has 0 aromatic heterocycles. The van der Waals surface area contributed by atoms with E-state index < -0.39 is 12.2 Å². The number of rotatable bonds is 6. The number of carbonyl (C=O) groups is 2. The molecule has 0 saturated carbocycles. The number of carbonyl (C=O) groups excluding carboxylic acids is 2. The number of ether oxygens (including phenoxy) is 3. The summed E-state index contributed by atoms with van der Waals surface area (Å²) in [4.78, 5) is 26.6. The molecule has 3 rings (SSSR count). The smallest absolute Gasteiger partial charge is 0.497 e. The molecular formula is C24H30N2O5. The van der Waals surface area contributed by atoms with Crippen molar-refractivity contribution in [3.05, 3.63) is 52.6 Å². The minimum atomic E-state index is -0.735. The first-order valence-electron chi connectivity index (χ1n) is 10.5. The lowest BCUT2D eigenvalue weighted by molar-refractivity contribution is -0.119. The molecule has 0 bridgehead atoms. The molecule has 0 aliphatic carbocycles. The third kappa shape index (κ3) is 5.17. The van der Waals surface area contributed by atoms with Crippen LogP contribution in [0.3, 0.4) is 0 Å². The highest BCUT2D eigenvalue weighted by Crippen LogP contribution is 2.31. The first kappa shape index (κ1) is 22.6. The van der Waals surface area contributed by atoms with Crippen LogP contribution in [0.2, 0.25) is 0 Å². The number of hydrogen-bond acceptors (Lipinski definition) is 6. The Morgan fingerprint density at radius 2 is 1.84 bits per heavy atom. The molecular weight excluding hydrogens is 396 g/mol. The van der Waals surface area contributed by atoms with E-state index in [9.17, 15) is 9.59 Å². The zero-order chi connectivity index (χ0) is 22.5. The van der Waals surface area contributed by atoms with Gasteiger partial charge in [0.15, 0.2) is 0 Å². The highest BCUT2D eigenvalue weighted by Gasteiger charge is 2.28. The third-order valence-corrected chi connectivity index (χ3v) is 5.55. The fourth-order valence-electron chi connectivity index (χ4n) is 4.01. The molecule has 166 valence electrons. The summed E-state index contributed by atoms with van der Waals surface area (Å²) < 4.78 is 15.3. The normalized spacial score (nSPS) is 13.9. The molecule has 1 aliphatic heterocycles. The van der Waals surface area contributed by atoms with Crippen LogP contribution in [0.5, 0.6) is 11.5 Å². The summed E-state index contributed by atoms with van der Waals surface area (Å²) in [7, 11) is 1.64. The fraction of sp³-hybridized carbons (Fsp3) is 0.417. The lowest BCUT2D eigenvalue weighted by atomic mass is 9.94. The molecule has 0 unspecified atom stereocenters. The van der Waals surface area contributed by atoms with Crippen molar-refractivity contribution in [2.24, 2.45) is 5.73 Å². The number of amides is 1. The highest BCUT2D eigenvalue weighted by atomic mass is 16.7. The molecule has 7 nitrogen and oxygen atoms in total. The summed E-state index contributed by atoms with van der Waals surface area (Å²) in [6.45, 7) is 6.45. The van der Waals surface area contributed by atoms with Crippen LogP contribution < -0.4 is 20.1 Å². The van der Waals surface area contributed by atoms with Crippen LogP contribution in [-0.2, 0) is 22.4 Å². The average Bonchev–Trinajstić information content (AvgIpc) is 2.74. The third-order valence-electron chi connectivity index (χ3n) is 5.55. The maximum atomic E-state index is 13.2. The van der Waals surface area contributed by atoms with Crippen molar-refractivity contribution in [1.29, 1.82) is 0 Å². The Labute approximate surface area is 183 Å². The van der Waals surface area contributed by atoms with Crippen LogP contribution in [0.25, 0.3) is 0 Å². The lowest BCUT2D eigenvalue weighted by Crippen LogP contribution is -2.47. The van der Waals surface area contributed by atoms with Gasteiger partial charge in [-0.25, -0.2) is 4.79 Å². The minimum absolute atomic E-state index is 0.100. The van der Waals surface area contributed by atoms with Crippen molar-refractivity contribution in [2.45, 2.75) is 46.1 Å². The van der Waals surface area contributed by atoms with Gasteiger partial charge in [-0.3, -0.25) is 4.79 Å². The van der Waals surface area contributed by atoms with Gasteiger partial charge in [-0.15, -0.1) is 0 Å². The number of nitrogens with two attached hydrogens (primary N) is 1. The van der Waals surface area contributed by atoms with E-state index in [4.69, 9.17) is 19.9 Å². The Morgan fingerprint density at radius 3 is 2.48 bits per heavy atom. The molecule has 0 spiro atoms. The summed E-state index contributed by atoms with van der Waals surface area (Å²) in [6.07, 6.45) is 1.46. The van der Waals surface area contributed by atoms with E-state index in [1.165, 1.54) is 0 Å². The maximum Gasteiger partial charge on any atom is 0.513 e. The van der Waals surface area contributed by atoms with Crippen LogP contribution in [0.1, 0.15) is 35.6 Å². The van der Waals surface area contributed by atoms with Gasteiger partial charge in [0.25, 0.3) is 0 Å². The molecule has 0 fully saturated rings. The van der Waals surface area contributed by atoms with Crippen molar-refractivity contribution in [3.63, 3.8) is 0 Å². The van der Waals surface area contributed by atoms with Gasteiger partial charge in [-0.2, -0.15) is 0 Å². The molecule has 1 amide bonds. The molecule has 0 radical (unpaired) electrons. The van der Waals surface area contributed by atoms with E-state index in [1.54, 1.807) is 31.1 Å². The van der Waals surface area contributed by atoms with Gasteiger partial charge in [0, 0.05) is 12.2 Å². The zero-order valence-electron chi connectivity index (χ0n) is 18.6. The van der Waals surface area contributed by atoms with Gasteiger partial charge < -0.3 is 24.8 Å². The van der Waals surface area contributed by atoms with E-state index in [0.29, 0.717) is 18.7 Å². The molecule has 2 aromatic carbocycles. The Kier molecular flexibility index (Phi) is 7.17. The van der Waals surface area contributed by atoms with E-state index in [0.717, 1.165) is 46.5 Å². The number of methoxy groups -OCH3 is 1. The summed E-state index contributed by atoms with van der Waals surface area (Å²) in [5.41, 5.74) is 11.2. The average molecular weight is 427 g/mol. The number of hydrogen-bond donors (Lipinski definition) is 1. The maximum absolute atomic E-state index is 13.2. The second kappa shape index (κ2) is 9.83. The number of fused-ring (bicyclic) bond motifs is 1. The molecule has 1 atom stereocenters. The predicted octanol–water partition coefficient (Wildman–Crippen LogP) is 3.70. The highest BCUT2D eigenvalue weighted by molar-refractivity contribution is 5.98. The van der Waals surface area contributed by atoms with Crippen LogP contribution >= 0.6 is 0 Å². The predicted molar refractivity (Wildman–Crippen MR) is 119 cm³/mol. The second-order valence-electron chi connectivity index (χ2n) is 7.72. The van der Waals surface area contributed by atoms with Crippen LogP contribution in [0.4, 0.5) is 10.5 Å². The molecule has 2 N–H and O–H groups in total. The number of nitrogens with zero attached hydrogens (tertiary/aromatic N) is 1. The Balaban J connectivity index is 1.75. The summed E-state index contributed by atoms with van der Waals surface area (Å²) in [5.74, 6) is 1.10. The van der Waals surface area contributed by atoms with Gasteiger partial charge in [-0.05, 0) is 92.6 Å². The van der Waals surface area contributed by atoms with Gasteiger partial charge >= 0.3 is 6.16 Å². The van der Waals surface area contributed by atoms with Crippen molar-refractivity contribution < 1.29 is 23.8 Å². The summed E-state index contributed by atoms with van der Waals surface area (Å²) in [5, 5.41) is 0. The van der Waals surface area contributed by atoms with Crippen molar-refractivity contribution in [2.75, 3.05) is 25.2 Å². The molecule has 1 heterocycles.